The molecular weight excluding hydrogens is 183 g/mol. The van der Waals surface area contributed by atoms with Gasteiger partial charge in [-0.2, -0.15) is 0 Å². The molecule has 0 saturated heterocycles. The molecule has 0 aromatic carbocycles. The maximum atomic E-state index is 12.4. The highest BCUT2D eigenvalue weighted by Gasteiger charge is 1.98. The Labute approximate surface area is 82.0 Å². The zero-order valence-corrected chi connectivity index (χ0v) is 7.70. The molecule has 74 valence electrons. The van der Waals surface area contributed by atoms with E-state index >= 15 is 0 Å². The normalized spacial score (nSPS) is 11.1. The molecule has 1 aromatic heterocycles. The van der Waals surface area contributed by atoms with Crippen molar-refractivity contribution in [3.63, 3.8) is 0 Å². The molecule has 0 unspecified atom stereocenters. The van der Waals surface area contributed by atoms with Crippen LogP contribution in [0, 0.1) is 0 Å². The predicted octanol–water partition coefficient (Wildman–Crippen LogP) is 3.35. The Kier molecular flexibility index (Phi) is 3.73. The molecule has 2 nitrogen and oxygen atoms in total. The number of hydrogen-bond acceptors (Lipinski definition) is 2. The summed E-state index contributed by atoms with van der Waals surface area (Å²) in [7, 11) is 0. The van der Waals surface area contributed by atoms with Crippen molar-refractivity contribution in [3.8, 4) is 0 Å². The summed E-state index contributed by atoms with van der Waals surface area (Å²) in [5.41, 5.74) is 0. The van der Waals surface area contributed by atoms with Crippen molar-refractivity contribution < 1.29 is 13.5 Å². The van der Waals surface area contributed by atoms with E-state index in [0.29, 0.717) is 11.5 Å². The van der Waals surface area contributed by atoms with Crippen molar-refractivity contribution in [2.75, 3.05) is 0 Å². The number of furan rings is 1. The predicted molar refractivity (Wildman–Crippen MR) is 52.0 cm³/mol. The largest absolute Gasteiger partial charge is 0.486 e. The summed E-state index contributed by atoms with van der Waals surface area (Å²) in [6.07, 6.45) is 4.12. The van der Waals surface area contributed by atoms with E-state index in [2.05, 4.69) is 13.2 Å². The zero-order valence-electron chi connectivity index (χ0n) is 7.70. The second kappa shape index (κ2) is 5.07. The minimum atomic E-state index is -0.570. The highest BCUT2D eigenvalue weighted by atomic mass is 19.1. The molecule has 1 heterocycles. The highest BCUT2D eigenvalue weighted by molar-refractivity contribution is 5.18. The quantitative estimate of drug-likeness (QED) is 0.529. The molecule has 0 saturated carbocycles. The average molecular weight is 194 g/mol. The van der Waals surface area contributed by atoms with Crippen molar-refractivity contribution in [1.82, 2.24) is 0 Å². The third-order valence-electron chi connectivity index (χ3n) is 1.46. The van der Waals surface area contributed by atoms with Crippen molar-refractivity contribution in [3.05, 3.63) is 61.1 Å². The lowest BCUT2D eigenvalue weighted by Gasteiger charge is -2.03. The van der Waals surface area contributed by atoms with Crippen molar-refractivity contribution in [2.24, 2.45) is 0 Å². The Morgan fingerprint density at radius 2 is 2.43 bits per heavy atom. The van der Waals surface area contributed by atoms with Crippen LogP contribution in [0.3, 0.4) is 0 Å². The van der Waals surface area contributed by atoms with Gasteiger partial charge in [0.05, 0.1) is 6.26 Å². The molecule has 0 bridgehead atoms. The van der Waals surface area contributed by atoms with Gasteiger partial charge >= 0.3 is 0 Å². The van der Waals surface area contributed by atoms with Crippen LogP contribution >= 0.6 is 0 Å². The molecule has 0 amide bonds. The third kappa shape index (κ3) is 3.31. The summed E-state index contributed by atoms with van der Waals surface area (Å²) in [4.78, 5) is 0. The molecule has 0 fully saturated rings. The van der Waals surface area contributed by atoms with Gasteiger partial charge in [-0.05, 0) is 18.2 Å². The fraction of sp³-hybridized carbons (Fsp3) is 0.0909. The van der Waals surface area contributed by atoms with E-state index in [1.54, 1.807) is 18.4 Å². The minimum absolute atomic E-state index is 0.248. The van der Waals surface area contributed by atoms with Gasteiger partial charge in [0, 0.05) is 6.08 Å². The van der Waals surface area contributed by atoms with Gasteiger partial charge in [0.25, 0.3) is 0 Å². The van der Waals surface area contributed by atoms with E-state index in [0.717, 1.165) is 6.08 Å². The summed E-state index contributed by atoms with van der Waals surface area (Å²) in [6, 6.07) is 3.52. The van der Waals surface area contributed by atoms with Crippen LogP contribution in [0.15, 0.2) is 59.7 Å². The van der Waals surface area contributed by atoms with Gasteiger partial charge in [0.15, 0.2) is 0 Å². The fourth-order valence-electron chi connectivity index (χ4n) is 0.863. The number of halogens is 1. The first-order chi connectivity index (χ1) is 6.72. The monoisotopic (exact) mass is 194 g/mol. The van der Waals surface area contributed by atoms with Gasteiger partial charge in [-0.25, -0.2) is 4.39 Å². The Morgan fingerprint density at radius 3 is 2.93 bits per heavy atom. The van der Waals surface area contributed by atoms with Crippen LogP contribution in [-0.2, 0) is 11.3 Å². The van der Waals surface area contributed by atoms with Gasteiger partial charge in [-0.3, -0.25) is 0 Å². The molecule has 0 aliphatic rings. The van der Waals surface area contributed by atoms with Crippen LogP contribution < -0.4 is 0 Å². The van der Waals surface area contributed by atoms with Gasteiger partial charge in [0.1, 0.15) is 24.0 Å². The van der Waals surface area contributed by atoms with E-state index in [1.807, 2.05) is 0 Å². The number of hydrogen-bond donors (Lipinski definition) is 0. The zero-order chi connectivity index (χ0) is 10.4. The summed E-state index contributed by atoms with van der Waals surface area (Å²) in [6.45, 7) is 6.82. The first-order valence-corrected chi connectivity index (χ1v) is 4.06. The van der Waals surface area contributed by atoms with Gasteiger partial charge < -0.3 is 9.15 Å². The Morgan fingerprint density at radius 1 is 1.64 bits per heavy atom. The minimum Gasteiger partial charge on any atom is -0.486 e. The third-order valence-corrected chi connectivity index (χ3v) is 1.46. The molecule has 1 aromatic rings. The fourth-order valence-corrected chi connectivity index (χ4v) is 0.863. The standard InChI is InChI=1S/C11H11FO2/c1-3-10(7-9(2)12)14-8-11-5-4-6-13-11/h3-7H,1-2,8H2. The van der Waals surface area contributed by atoms with Crippen LogP contribution in [0.4, 0.5) is 4.39 Å². The van der Waals surface area contributed by atoms with Crippen LogP contribution in [0.2, 0.25) is 0 Å². The van der Waals surface area contributed by atoms with Crippen molar-refractivity contribution >= 4 is 0 Å². The second-order valence-corrected chi connectivity index (χ2v) is 2.57. The van der Waals surface area contributed by atoms with E-state index < -0.39 is 5.83 Å². The Bertz CT molecular complexity index is 336. The molecule has 0 radical (unpaired) electrons. The lowest BCUT2D eigenvalue weighted by Crippen LogP contribution is -1.89. The van der Waals surface area contributed by atoms with E-state index in [-0.39, 0.29) is 6.61 Å². The topological polar surface area (TPSA) is 22.4 Å². The molecule has 0 atom stereocenters. The molecule has 0 spiro atoms. The number of allylic oxidation sites excluding steroid dienone is 3. The van der Waals surface area contributed by atoms with E-state index in [4.69, 9.17) is 9.15 Å². The van der Waals surface area contributed by atoms with E-state index in [1.165, 1.54) is 6.08 Å². The van der Waals surface area contributed by atoms with Crippen LogP contribution in [0.25, 0.3) is 0 Å². The lowest BCUT2D eigenvalue weighted by molar-refractivity contribution is 0.187. The van der Waals surface area contributed by atoms with Gasteiger partial charge in [-0.1, -0.05) is 13.2 Å². The summed E-state index contributed by atoms with van der Waals surface area (Å²) in [5.74, 6) is 0.426. The Hall–Kier alpha value is -1.77. The first-order valence-electron chi connectivity index (χ1n) is 4.06. The van der Waals surface area contributed by atoms with Crippen molar-refractivity contribution in [1.29, 1.82) is 0 Å². The number of rotatable bonds is 5. The van der Waals surface area contributed by atoms with Crippen molar-refractivity contribution in [2.45, 2.75) is 6.61 Å². The maximum absolute atomic E-state index is 12.4. The van der Waals surface area contributed by atoms with Crippen LogP contribution in [0.5, 0.6) is 0 Å². The lowest BCUT2D eigenvalue weighted by atomic mass is 10.4. The highest BCUT2D eigenvalue weighted by Crippen LogP contribution is 2.09. The molecule has 1 rings (SSSR count). The summed E-state index contributed by atoms with van der Waals surface area (Å²) < 4.78 is 22.6. The average Bonchev–Trinajstić information content (AvgIpc) is 2.64. The summed E-state index contributed by atoms with van der Waals surface area (Å²) >= 11 is 0. The molecule has 3 heteroatoms. The number of ether oxygens (including phenoxy) is 1. The molecule has 14 heavy (non-hydrogen) atoms. The molecule has 0 N–H and O–H groups in total. The Balaban J connectivity index is 2.50. The van der Waals surface area contributed by atoms with Crippen LogP contribution in [-0.4, -0.2) is 0 Å². The smallest absolute Gasteiger partial charge is 0.146 e. The van der Waals surface area contributed by atoms with E-state index in [9.17, 15) is 4.39 Å². The van der Waals surface area contributed by atoms with Gasteiger partial charge in [0.2, 0.25) is 0 Å². The molecule has 0 aliphatic heterocycles. The molecule has 0 aliphatic carbocycles. The maximum Gasteiger partial charge on any atom is 0.146 e. The van der Waals surface area contributed by atoms with Gasteiger partial charge in [-0.15, -0.1) is 0 Å². The molecular formula is C11H11FO2. The first kappa shape index (κ1) is 10.3. The summed E-state index contributed by atoms with van der Waals surface area (Å²) in [5, 5.41) is 0. The second-order valence-electron chi connectivity index (χ2n) is 2.57. The SMILES string of the molecule is C=CC(=CC(=C)F)OCc1ccco1. The van der Waals surface area contributed by atoms with Crippen LogP contribution in [0.1, 0.15) is 5.76 Å².